The first-order valence-corrected chi connectivity index (χ1v) is 18.2. The van der Waals surface area contributed by atoms with E-state index in [1.165, 1.54) is 0 Å². The molecule has 1 radical (unpaired) electrons. The molecule has 2 N–H and O–H groups in total. The molecule has 3 aromatic heterocycles. The fraction of sp³-hybridized carbons (Fsp3) is 0. The number of hydrogen-bond acceptors (Lipinski definition) is 5. The average Bonchev–Trinajstić information content (AvgIpc) is 3.96. The van der Waals surface area contributed by atoms with Crippen LogP contribution in [0, 0.1) is 0 Å². The molecule has 2 aliphatic heterocycles. The molecule has 0 fully saturated rings. The SMILES string of the molecule is O=S(=O)([O-])C1=C(c2ccccc2)c2nc1cc1ccc(cc3nc(cc4[nH]c(c2-c2ccccc2)c(-c2ccccc2)c4-c2ccccc2)C=C3)[nH]1.[Mn]. The Hall–Kier alpha value is -6.09. The van der Waals surface area contributed by atoms with Crippen LogP contribution in [0.15, 0.2) is 152 Å². The zero-order valence-electron chi connectivity index (χ0n) is 28.0. The van der Waals surface area contributed by atoms with Gasteiger partial charge in [0.2, 0.25) is 0 Å². The quantitative estimate of drug-likeness (QED) is 0.134. The van der Waals surface area contributed by atoms with Crippen LogP contribution in [0.3, 0.4) is 0 Å². The molecule has 8 bridgehead atoms. The Morgan fingerprint density at radius 1 is 0.509 bits per heavy atom. The van der Waals surface area contributed by atoms with Crippen LogP contribution in [0.4, 0.5) is 0 Å². The van der Waals surface area contributed by atoms with Crippen molar-refractivity contribution >= 4 is 54.8 Å². The Balaban J connectivity index is 0.00000400. The first-order valence-electron chi connectivity index (χ1n) is 16.8. The summed E-state index contributed by atoms with van der Waals surface area (Å²) in [5, 5.41) is 0. The molecule has 0 amide bonds. The number of hydrogen-bond donors (Lipinski definition) is 2. The van der Waals surface area contributed by atoms with Crippen LogP contribution in [-0.4, -0.2) is 32.9 Å². The van der Waals surface area contributed by atoms with Crippen LogP contribution < -0.4 is 0 Å². The maximum atomic E-state index is 13.4. The van der Waals surface area contributed by atoms with Crippen LogP contribution in [0.5, 0.6) is 0 Å². The average molecular weight is 749 g/mol. The van der Waals surface area contributed by atoms with Crippen molar-refractivity contribution in [2.45, 2.75) is 0 Å². The monoisotopic (exact) mass is 748 g/mol. The van der Waals surface area contributed by atoms with E-state index in [0.29, 0.717) is 27.9 Å². The van der Waals surface area contributed by atoms with Gasteiger partial charge in [-0.3, -0.25) is 0 Å². The topological polar surface area (TPSA) is 115 Å². The first-order chi connectivity index (χ1) is 25.4. The summed E-state index contributed by atoms with van der Waals surface area (Å²) in [6.45, 7) is 0. The number of aromatic nitrogens is 4. The molecular formula is C44H29MnN4O3S-. The van der Waals surface area contributed by atoms with Crippen molar-refractivity contribution in [2.24, 2.45) is 0 Å². The van der Waals surface area contributed by atoms with E-state index >= 15 is 0 Å². The summed E-state index contributed by atoms with van der Waals surface area (Å²) in [6.07, 6.45) is 3.95. The van der Waals surface area contributed by atoms with Gasteiger partial charge in [0.15, 0.2) is 0 Å². The Bertz CT molecular complexity index is 2850. The van der Waals surface area contributed by atoms with Gasteiger partial charge < -0.3 is 14.5 Å². The van der Waals surface area contributed by atoms with Gasteiger partial charge in [-0.2, -0.15) is 0 Å². The third-order valence-corrected chi connectivity index (χ3v) is 10.2. The number of nitrogens with one attached hydrogen (secondary N) is 2. The molecule has 53 heavy (non-hydrogen) atoms. The van der Waals surface area contributed by atoms with E-state index in [0.717, 1.165) is 50.2 Å². The maximum absolute atomic E-state index is 13.4. The molecule has 0 saturated heterocycles. The molecule has 0 aliphatic carbocycles. The predicted molar refractivity (Wildman–Crippen MR) is 208 cm³/mol. The van der Waals surface area contributed by atoms with E-state index in [4.69, 9.17) is 9.97 Å². The zero-order valence-corrected chi connectivity index (χ0v) is 30.0. The van der Waals surface area contributed by atoms with Crippen LogP contribution in [0.25, 0.3) is 78.1 Å². The summed E-state index contributed by atoms with van der Waals surface area (Å²) in [6, 6.07) is 48.4. The smallest absolute Gasteiger partial charge is 0.127 e. The molecule has 0 atom stereocenters. The van der Waals surface area contributed by atoms with E-state index < -0.39 is 10.1 Å². The van der Waals surface area contributed by atoms with Crippen molar-refractivity contribution in [1.29, 1.82) is 0 Å². The molecule has 0 spiro atoms. The van der Waals surface area contributed by atoms with Crippen molar-refractivity contribution in [2.75, 3.05) is 0 Å². The molecule has 2 aliphatic rings. The van der Waals surface area contributed by atoms with Gasteiger partial charge in [0.1, 0.15) is 10.1 Å². The minimum absolute atomic E-state index is 0. The molecular weight excluding hydrogens is 720 g/mol. The van der Waals surface area contributed by atoms with Crippen molar-refractivity contribution in [3.63, 3.8) is 0 Å². The third-order valence-electron chi connectivity index (χ3n) is 9.25. The number of rotatable bonds is 5. The minimum Gasteiger partial charge on any atom is -0.744 e. The molecule has 7 nitrogen and oxygen atoms in total. The Morgan fingerprint density at radius 2 is 1.00 bits per heavy atom. The second-order valence-corrected chi connectivity index (χ2v) is 13.9. The van der Waals surface area contributed by atoms with E-state index in [1.54, 1.807) is 6.07 Å². The van der Waals surface area contributed by atoms with Crippen LogP contribution in [0.1, 0.15) is 28.3 Å². The number of aromatic amines is 2. The Kier molecular flexibility index (Phi) is 8.86. The number of nitrogens with zero attached hydrogens (tertiary/aromatic N) is 2. The minimum atomic E-state index is -5.05. The van der Waals surface area contributed by atoms with Crippen LogP contribution in [0.2, 0.25) is 0 Å². The van der Waals surface area contributed by atoms with Crippen molar-refractivity contribution in [1.82, 2.24) is 19.9 Å². The van der Waals surface area contributed by atoms with Crippen molar-refractivity contribution in [3.05, 3.63) is 180 Å². The summed E-state index contributed by atoms with van der Waals surface area (Å²) in [7, 11) is -5.05. The van der Waals surface area contributed by atoms with Gasteiger partial charge in [-0.25, -0.2) is 18.4 Å². The van der Waals surface area contributed by atoms with Crippen molar-refractivity contribution in [3.8, 4) is 33.4 Å². The third kappa shape index (κ3) is 6.37. The van der Waals surface area contributed by atoms with Crippen molar-refractivity contribution < 1.29 is 30.0 Å². The van der Waals surface area contributed by atoms with Crippen LogP contribution in [-0.2, 0) is 27.2 Å². The largest absolute Gasteiger partial charge is 0.744 e. The zero-order chi connectivity index (χ0) is 35.2. The second kappa shape index (κ2) is 13.8. The van der Waals surface area contributed by atoms with Gasteiger partial charge in [-0.15, -0.1) is 0 Å². The fourth-order valence-electron chi connectivity index (χ4n) is 7.09. The standard InChI is InChI=1S/C44H30N4O3S.Mn/c49-52(50,51)44-37-27-35-24-22-33(46-35)25-32-21-23-34(45-32)26-36-38(28-13-5-1-6-14-28)39(29-15-7-2-8-16-29)42(47-36)40(30-17-9-3-10-18-30)43(48-37)41(44)31-19-11-4-12-20-31;/h1-27,46-47H,(H,49,50,51);/p-1. The van der Waals surface area contributed by atoms with Gasteiger partial charge in [0, 0.05) is 55.9 Å². The molecule has 5 heterocycles. The molecule has 0 unspecified atom stereocenters. The molecule has 9 heteroatoms. The van der Waals surface area contributed by atoms with E-state index in [9.17, 15) is 13.0 Å². The first kappa shape index (κ1) is 34.0. The van der Waals surface area contributed by atoms with Gasteiger partial charge in [0.25, 0.3) is 0 Å². The van der Waals surface area contributed by atoms with Gasteiger partial charge in [0.05, 0.1) is 33.2 Å². The molecule has 7 aromatic rings. The summed E-state index contributed by atoms with van der Waals surface area (Å²) < 4.78 is 40.3. The summed E-state index contributed by atoms with van der Waals surface area (Å²) in [5.74, 6) is 0. The Morgan fingerprint density at radius 3 is 1.57 bits per heavy atom. The summed E-state index contributed by atoms with van der Waals surface area (Å²) in [4.78, 5) is 16.8. The van der Waals surface area contributed by atoms with Gasteiger partial charge in [-0.05, 0) is 64.7 Å². The number of H-pyrrole nitrogens is 2. The summed E-state index contributed by atoms with van der Waals surface area (Å²) >= 11 is 0. The molecule has 9 rings (SSSR count). The predicted octanol–water partition coefficient (Wildman–Crippen LogP) is 9.95. The normalized spacial score (nSPS) is 12.5. The Labute approximate surface area is 316 Å². The van der Waals surface area contributed by atoms with Gasteiger partial charge in [-0.1, -0.05) is 121 Å². The number of benzene rings is 4. The molecule has 257 valence electrons. The van der Waals surface area contributed by atoms with Crippen LogP contribution >= 0.6 is 0 Å². The van der Waals surface area contributed by atoms with E-state index in [-0.39, 0.29) is 33.2 Å². The molecule has 4 aromatic carbocycles. The maximum Gasteiger partial charge on any atom is 0.127 e. The van der Waals surface area contributed by atoms with Gasteiger partial charge >= 0.3 is 0 Å². The fourth-order valence-corrected chi connectivity index (χ4v) is 7.92. The number of fused-ring (bicyclic) bond motifs is 8. The second-order valence-electron chi connectivity index (χ2n) is 12.6. The van der Waals surface area contributed by atoms with E-state index in [1.807, 2.05) is 133 Å². The molecule has 0 saturated carbocycles. The van der Waals surface area contributed by atoms with E-state index in [2.05, 4.69) is 34.2 Å². The summed E-state index contributed by atoms with van der Waals surface area (Å²) in [5.41, 5.74) is 10.8.